The number of carbonyl (C=O) groups excluding carboxylic acids is 1. The Kier molecular flexibility index (Phi) is 12.4. The Morgan fingerprint density at radius 1 is 1.04 bits per heavy atom. The highest BCUT2D eigenvalue weighted by atomic mass is 35.5. The summed E-state index contributed by atoms with van der Waals surface area (Å²) in [6, 6.07) is 14.3. The molecule has 284 valence electrons. The zero-order valence-corrected chi connectivity index (χ0v) is 31.7. The van der Waals surface area contributed by atoms with Crippen LogP contribution in [0.4, 0.5) is 16.3 Å². The fourth-order valence-electron chi connectivity index (χ4n) is 7.61. The molecule has 6 rings (SSSR count). The van der Waals surface area contributed by atoms with Gasteiger partial charge >= 0.3 is 18.1 Å². The molecule has 4 heterocycles. The number of nitrogens with zero attached hydrogens (tertiary/aromatic N) is 7. The second-order valence-electron chi connectivity index (χ2n) is 14.9. The van der Waals surface area contributed by atoms with E-state index < -0.39 is 17.7 Å². The third kappa shape index (κ3) is 9.60. The van der Waals surface area contributed by atoms with Gasteiger partial charge in [0.1, 0.15) is 18.0 Å². The van der Waals surface area contributed by atoms with Gasteiger partial charge in [-0.2, -0.15) is 15.2 Å². The maximum atomic E-state index is 12.0. The van der Waals surface area contributed by atoms with Crippen molar-refractivity contribution >= 4 is 45.9 Å². The maximum Gasteiger partial charge on any atom is 0.407 e. The summed E-state index contributed by atoms with van der Waals surface area (Å²) in [6.07, 6.45) is 2.91. The van der Waals surface area contributed by atoms with Crippen LogP contribution >= 0.6 is 11.6 Å². The minimum Gasteiger partial charge on any atom is -0.465 e. The summed E-state index contributed by atoms with van der Waals surface area (Å²) in [5, 5.41) is 22.1. The zero-order chi connectivity index (χ0) is 37.5. The molecule has 1 amide bonds. The number of fused-ring (bicyclic) bond motifs is 2. The van der Waals surface area contributed by atoms with E-state index in [0.29, 0.717) is 56.9 Å². The number of piperazine rings is 1. The number of hydrogen-bond donors (Lipinski definition) is 1. The van der Waals surface area contributed by atoms with Crippen LogP contribution in [0.5, 0.6) is 6.01 Å². The van der Waals surface area contributed by atoms with Crippen molar-refractivity contribution in [2.24, 2.45) is 0 Å². The van der Waals surface area contributed by atoms with Crippen molar-refractivity contribution in [3.05, 3.63) is 52.7 Å². The van der Waals surface area contributed by atoms with Gasteiger partial charge in [0.15, 0.2) is 0 Å². The molecule has 1 aromatic heterocycles. The molecular weight excluding hydrogens is 698 g/mol. The summed E-state index contributed by atoms with van der Waals surface area (Å²) in [4.78, 5) is 42.1. The molecule has 13 nitrogen and oxygen atoms in total. The molecule has 2 fully saturated rings. The van der Waals surface area contributed by atoms with E-state index in [4.69, 9.17) is 35.8 Å². The van der Waals surface area contributed by atoms with E-state index in [-0.39, 0.29) is 31.4 Å². The van der Waals surface area contributed by atoms with Crippen molar-refractivity contribution in [2.45, 2.75) is 83.5 Å². The van der Waals surface area contributed by atoms with Crippen LogP contribution in [0.3, 0.4) is 0 Å². The Hall–Kier alpha value is -4.38. The molecule has 0 spiro atoms. The van der Waals surface area contributed by atoms with Gasteiger partial charge in [-0.1, -0.05) is 35.9 Å². The largest absolute Gasteiger partial charge is 0.465 e. The minimum atomic E-state index is -1.02. The van der Waals surface area contributed by atoms with Gasteiger partial charge in [0.05, 0.1) is 48.8 Å². The number of esters is 1. The summed E-state index contributed by atoms with van der Waals surface area (Å²) in [6.45, 7) is 11.1. The first-order chi connectivity index (χ1) is 25.5. The van der Waals surface area contributed by atoms with Crippen LogP contribution in [0.1, 0.15) is 64.1 Å². The molecule has 2 saturated heterocycles. The fraction of sp³-hybridized carbons (Fsp3) is 0.564. The van der Waals surface area contributed by atoms with Gasteiger partial charge in [-0.05, 0) is 70.5 Å². The third-order valence-corrected chi connectivity index (χ3v) is 10.4. The lowest BCUT2D eigenvalue weighted by molar-refractivity contribution is -0.156. The molecule has 0 saturated carbocycles. The molecule has 0 radical (unpaired) electrons. The van der Waals surface area contributed by atoms with Crippen LogP contribution in [0.15, 0.2) is 36.4 Å². The summed E-state index contributed by atoms with van der Waals surface area (Å²) in [7, 11) is 0. The van der Waals surface area contributed by atoms with Crippen LogP contribution < -0.4 is 14.5 Å². The number of likely N-dealkylation sites (tertiary alicyclic amines) is 1. The highest BCUT2D eigenvalue weighted by Crippen LogP contribution is 2.37. The Bertz CT molecular complexity index is 1810. The monoisotopic (exact) mass is 747 g/mol. The number of ether oxygens (including phenoxy) is 3. The number of anilines is 2. The molecule has 2 atom stereocenters. The molecule has 2 aromatic carbocycles. The summed E-state index contributed by atoms with van der Waals surface area (Å²) in [5.41, 5.74) is 2.43. The van der Waals surface area contributed by atoms with Crippen LogP contribution in [-0.2, 0) is 27.2 Å². The van der Waals surface area contributed by atoms with Crippen molar-refractivity contribution in [3.8, 4) is 12.1 Å². The molecule has 0 aliphatic carbocycles. The average molecular weight is 748 g/mol. The van der Waals surface area contributed by atoms with Gasteiger partial charge in [-0.15, -0.1) is 0 Å². The number of hydrogen-bond acceptors (Lipinski definition) is 11. The minimum absolute atomic E-state index is 0.0986. The first-order valence-electron chi connectivity index (χ1n) is 18.6. The Morgan fingerprint density at radius 3 is 2.62 bits per heavy atom. The predicted octanol–water partition coefficient (Wildman–Crippen LogP) is 5.91. The summed E-state index contributed by atoms with van der Waals surface area (Å²) >= 11 is 6.73. The molecule has 14 heteroatoms. The summed E-state index contributed by atoms with van der Waals surface area (Å²) in [5.74, 6) is 0.498. The van der Waals surface area contributed by atoms with Gasteiger partial charge in [0.2, 0.25) is 0 Å². The van der Waals surface area contributed by atoms with Crippen LogP contribution in [0.2, 0.25) is 5.02 Å². The Labute approximate surface area is 316 Å². The van der Waals surface area contributed by atoms with Crippen molar-refractivity contribution in [3.63, 3.8) is 0 Å². The smallest absolute Gasteiger partial charge is 0.407 e. The molecule has 1 N–H and O–H groups in total. The number of carboxylic acid groups (broad SMARTS) is 1. The topological polar surface area (TPSA) is 145 Å². The van der Waals surface area contributed by atoms with E-state index in [1.54, 1.807) is 0 Å². The lowest BCUT2D eigenvalue weighted by atomic mass is 10.0. The number of amides is 1. The number of benzene rings is 2. The molecule has 3 aromatic rings. The second-order valence-corrected chi connectivity index (χ2v) is 15.3. The van der Waals surface area contributed by atoms with E-state index >= 15 is 0 Å². The van der Waals surface area contributed by atoms with Crippen LogP contribution in [-0.4, -0.2) is 114 Å². The number of halogens is 1. The van der Waals surface area contributed by atoms with Crippen molar-refractivity contribution in [1.82, 2.24) is 19.8 Å². The van der Waals surface area contributed by atoms with E-state index in [2.05, 4.69) is 39.0 Å². The first-order valence-corrected chi connectivity index (χ1v) is 19.0. The fourth-order valence-corrected chi connectivity index (χ4v) is 7.89. The van der Waals surface area contributed by atoms with Gasteiger partial charge in [0, 0.05) is 62.0 Å². The lowest BCUT2D eigenvalue weighted by Gasteiger charge is -2.41. The van der Waals surface area contributed by atoms with Crippen LogP contribution in [0.25, 0.3) is 10.8 Å². The number of aromatic nitrogens is 2. The highest BCUT2D eigenvalue weighted by Gasteiger charge is 2.34. The molecule has 3 aliphatic rings. The number of rotatable bonds is 13. The number of carbonyl (C=O) groups is 2. The van der Waals surface area contributed by atoms with Crippen molar-refractivity contribution < 1.29 is 28.9 Å². The maximum absolute atomic E-state index is 12.0. The Morgan fingerprint density at radius 2 is 1.85 bits per heavy atom. The SMILES string of the molecule is CC(C)(C)OC(=O)CCOCCCN1CCC[C@H]1COc1nc2c(c(N3CCN(C(=O)O)C(CC#N)C3)n1)CCN(c1cccc3cccc(Cl)c13)C2. The standard InChI is InChI=1S/C39H50ClN7O6/c1-39(2,3)53-34(48)15-23-51-22-7-18-44-17-6-10-29(44)26-52-37-42-32-25-45(33-12-5-9-27-8-4-11-31(40)35(27)33)19-14-30(32)36(43-37)46-20-21-47(38(49)50)28(24-46)13-16-41/h4-5,8-9,11-12,28-29H,6-7,10,13-15,17-26H2,1-3H3,(H,49,50)/t28?,29-/m0/s1. The average Bonchev–Trinajstić information content (AvgIpc) is 3.58. The van der Waals surface area contributed by atoms with Crippen LogP contribution in [0, 0.1) is 11.3 Å². The van der Waals surface area contributed by atoms with Gasteiger partial charge in [0.25, 0.3) is 0 Å². The second kappa shape index (κ2) is 17.2. The normalized spacial score (nSPS) is 19.3. The van der Waals surface area contributed by atoms with E-state index in [1.165, 1.54) is 4.90 Å². The van der Waals surface area contributed by atoms with E-state index in [1.807, 2.05) is 39.0 Å². The highest BCUT2D eigenvalue weighted by molar-refractivity contribution is 6.36. The third-order valence-electron chi connectivity index (χ3n) is 10.1. The molecule has 3 aliphatic heterocycles. The van der Waals surface area contributed by atoms with Crippen molar-refractivity contribution in [1.29, 1.82) is 5.26 Å². The van der Waals surface area contributed by atoms with Crippen molar-refractivity contribution in [2.75, 3.05) is 68.9 Å². The molecule has 1 unspecified atom stereocenters. The van der Waals surface area contributed by atoms with E-state index in [0.717, 1.165) is 72.4 Å². The predicted molar refractivity (Wildman–Crippen MR) is 203 cm³/mol. The van der Waals surface area contributed by atoms with Gasteiger partial charge < -0.3 is 34.0 Å². The van der Waals surface area contributed by atoms with Gasteiger partial charge in [-0.25, -0.2) is 4.79 Å². The quantitative estimate of drug-likeness (QED) is 0.164. The Balaban J connectivity index is 1.16. The van der Waals surface area contributed by atoms with E-state index in [9.17, 15) is 20.0 Å². The molecule has 0 bridgehead atoms. The summed E-state index contributed by atoms with van der Waals surface area (Å²) < 4.78 is 17.5. The number of nitriles is 1. The molecular formula is C39H50ClN7O6. The lowest BCUT2D eigenvalue weighted by Crippen LogP contribution is -2.55. The first kappa shape index (κ1) is 38.3. The van der Waals surface area contributed by atoms with Gasteiger partial charge in [-0.3, -0.25) is 9.69 Å². The molecule has 53 heavy (non-hydrogen) atoms. The zero-order valence-electron chi connectivity index (χ0n) is 30.9.